The van der Waals surface area contributed by atoms with Gasteiger partial charge in [0.05, 0.1) is 6.42 Å². The Hall–Kier alpha value is -2.41. The number of aryl methyl sites for hydroxylation is 3. The van der Waals surface area contributed by atoms with Gasteiger partial charge in [0, 0.05) is 29.5 Å². The molecule has 2 aromatic heterocycles. The van der Waals surface area contributed by atoms with Gasteiger partial charge in [-0.1, -0.05) is 41.6 Å². The predicted molar refractivity (Wildman–Crippen MR) is 110 cm³/mol. The molecule has 0 bridgehead atoms. The first-order chi connectivity index (χ1) is 13.5. The van der Waals surface area contributed by atoms with Crippen LogP contribution in [0.2, 0.25) is 0 Å². The molecule has 0 unspecified atom stereocenters. The zero-order chi connectivity index (χ0) is 19.8. The van der Waals surface area contributed by atoms with Crippen LogP contribution in [0.1, 0.15) is 40.9 Å². The minimum Gasteiger partial charge on any atom is -0.335 e. The maximum atomic E-state index is 13.2. The lowest BCUT2D eigenvalue weighted by molar-refractivity contribution is -0.131. The van der Waals surface area contributed by atoms with E-state index in [4.69, 9.17) is 0 Å². The number of carbonyl (C=O) groups is 1. The van der Waals surface area contributed by atoms with Crippen LogP contribution in [0.3, 0.4) is 0 Å². The predicted octanol–water partition coefficient (Wildman–Crippen LogP) is 3.51. The van der Waals surface area contributed by atoms with Crippen LogP contribution in [0.25, 0.3) is 5.78 Å². The SMILES string of the molecule is CSc1nc2nc(C)c(CC(=O)N(Cc3ccc(C)cc3)C3CC3)c(C)n2n1. The van der Waals surface area contributed by atoms with Crippen molar-refractivity contribution in [3.63, 3.8) is 0 Å². The van der Waals surface area contributed by atoms with Gasteiger partial charge in [0.15, 0.2) is 0 Å². The Morgan fingerprint density at radius 2 is 1.89 bits per heavy atom. The van der Waals surface area contributed by atoms with Gasteiger partial charge in [0.25, 0.3) is 5.78 Å². The van der Waals surface area contributed by atoms with Gasteiger partial charge < -0.3 is 4.90 Å². The minimum atomic E-state index is 0.153. The molecule has 1 aromatic carbocycles. The van der Waals surface area contributed by atoms with E-state index in [-0.39, 0.29) is 5.91 Å². The molecule has 3 aromatic rings. The van der Waals surface area contributed by atoms with Crippen molar-refractivity contribution in [1.82, 2.24) is 24.5 Å². The summed E-state index contributed by atoms with van der Waals surface area (Å²) in [5.41, 5.74) is 5.15. The summed E-state index contributed by atoms with van der Waals surface area (Å²) >= 11 is 1.49. The largest absolute Gasteiger partial charge is 0.335 e. The third-order valence-electron chi connectivity index (χ3n) is 5.32. The van der Waals surface area contributed by atoms with Crippen LogP contribution in [0.15, 0.2) is 29.4 Å². The van der Waals surface area contributed by atoms with E-state index in [0.717, 1.165) is 29.8 Å². The van der Waals surface area contributed by atoms with E-state index >= 15 is 0 Å². The highest BCUT2D eigenvalue weighted by molar-refractivity contribution is 7.98. The lowest BCUT2D eigenvalue weighted by Gasteiger charge is -2.23. The maximum absolute atomic E-state index is 13.2. The van der Waals surface area contributed by atoms with E-state index in [1.54, 1.807) is 4.52 Å². The molecule has 0 N–H and O–H groups in total. The van der Waals surface area contributed by atoms with Crippen LogP contribution in [-0.2, 0) is 17.8 Å². The second-order valence-corrected chi connectivity index (χ2v) is 8.26. The van der Waals surface area contributed by atoms with Gasteiger partial charge in [0.2, 0.25) is 11.1 Å². The summed E-state index contributed by atoms with van der Waals surface area (Å²) in [5, 5.41) is 5.18. The van der Waals surface area contributed by atoms with Gasteiger partial charge in [-0.2, -0.15) is 4.98 Å². The van der Waals surface area contributed by atoms with Crippen LogP contribution in [-0.4, -0.2) is 42.7 Å². The fourth-order valence-corrected chi connectivity index (χ4v) is 3.82. The number of aromatic nitrogens is 4. The third kappa shape index (κ3) is 3.76. The summed E-state index contributed by atoms with van der Waals surface area (Å²) in [6, 6.07) is 8.79. The molecule has 1 saturated carbocycles. The Morgan fingerprint density at radius 1 is 1.18 bits per heavy atom. The van der Waals surface area contributed by atoms with Gasteiger partial charge in [-0.25, -0.2) is 9.50 Å². The van der Waals surface area contributed by atoms with Gasteiger partial charge in [0.1, 0.15) is 0 Å². The molecule has 0 spiro atoms. The lowest BCUT2D eigenvalue weighted by Crippen LogP contribution is -2.34. The summed E-state index contributed by atoms with van der Waals surface area (Å²) in [4.78, 5) is 24.2. The van der Waals surface area contributed by atoms with Crippen molar-refractivity contribution in [1.29, 1.82) is 0 Å². The van der Waals surface area contributed by atoms with Crippen LogP contribution < -0.4 is 0 Å². The molecule has 1 aliphatic carbocycles. The Bertz CT molecular complexity index is 1020. The molecule has 0 aliphatic heterocycles. The summed E-state index contributed by atoms with van der Waals surface area (Å²) in [7, 11) is 0. The summed E-state index contributed by atoms with van der Waals surface area (Å²) in [6.07, 6.45) is 4.47. The lowest BCUT2D eigenvalue weighted by atomic mass is 10.1. The number of rotatable bonds is 6. The zero-order valence-electron chi connectivity index (χ0n) is 16.8. The van der Waals surface area contributed by atoms with Crippen LogP contribution >= 0.6 is 11.8 Å². The van der Waals surface area contributed by atoms with Crippen molar-refractivity contribution in [2.45, 2.75) is 57.8 Å². The second-order valence-electron chi connectivity index (χ2n) is 7.49. The van der Waals surface area contributed by atoms with Crippen molar-refractivity contribution < 1.29 is 4.79 Å². The van der Waals surface area contributed by atoms with Crippen LogP contribution in [0.5, 0.6) is 0 Å². The Kier molecular flexibility index (Phi) is 5.10. The summed E-state index contributed by atoms with van der Waals surface area (Å²) in [5.74, 6) is 0.745. The molecule has 1 aliphatic rings. The number of nitrogens with zero attached hydrogens (tertiary/aromatic N) is 5. The molecule has 4 rings (SSSR count). The van der Waals surface area contributed by atoms with Crippen molar-refractivity contribution in [2.75, 3.05) is 6.26 Å². The number of thioether (sulfide) groups is 1. The molecule has 1 fully saturated rings. The number of benzene rings is 1. The highest BCUT2D eigenvalue weighted by Gasteiger charge is 2.33. The van der Waals surface area contributed by atoms with Crippen molar-refractivity contribution >= 4 is 23.4 Å². The van der Waals surface area contributed by atoms with Gasteiger partial charge in [-0.3, -0.25) is 4.79 Å². The van der Waals surface area contributed by atoms with E-state index in [2.05, 4.69) is 46.3 Å². The highest BCUT2D eigenvalue weighted by atomic mass is 32.2. The Morgan fingerprint density at radius 3 is 2.54 bits per heavy atom. The number of amides is 1. The van der Waals surface area contributed by atoms with Gasteiger partial charge >= 0.3 is 0 Å². The second kappa shape index (κ2) is 7.54. The number of carbonyl (C=O) groups excluding carboxylic acids is 1. The first kappa shape index (κ1) is 18.9. The molecule has 0 atom stereocenters. The summed E-state index contributed by atoms with van der Waals surface area (Å²) in [6.45, 7) is 6.68. The Labute approximate surface area is 169 Å². The molecule has 2 heterocycles. The first-order valence-electron chi connectivity index (χ1n) is 9.58. The standard InChI is InChI=1S/C21H25N5OS/c1-13-5-7-16(8-6-13)12-25(17-9-10-17)19(27)11-18-14(2)22-20-23-21(28-4)24-26(20)15(18)3/h5-8,17H,9-12H2,1-4H3. The number of hydrogen-bond donors (Lipinski definition) is 0. The van der Waals surface area contributed by atoms with E-state index in [1.807, 2.05) is 25.0 Å². The maximum Gasteiger partial charge on any atom is 0.253 e. The van der Waals surface area contributed by atoms with E-state index in [1.165, 1.54) is 22.9 Å². The molecule has 6 nitrogen and oxygen atoms in total. The molecule has 0 saturated heterocycles. The van der Waals surface area contributed by atoms with Crippen molar-refractivity contribution in [2.24, 2.45) is 0 Å². The molecule has 1 amide bonds. The summed E-state index contributed by atoms with van der Waals surface area (Å²) < 4.78 is 1.75. The third-order valence-corrected chi connectivity index (χ3v) is 5.86. The van der Waals surface area contributed by atoms with Crippen LogP contribution in [0, 0.1) is 20.8 Å². The van der Waals surface area contributed by atoms with E-state index in [9.17, 15) is 4.79 Å². The van der Waals surface area contributed by atoms with Gasteiger partial charge in [-0.15, -0.1) is 5.10 Å². The number of fused-ring (bicyclic) bond motifs is 1. The molecular formula is C21H25N5OS. The van der Waals surface area contributed by atoms with E-state index in [0.29, 0.717) is 29.9 Å². The van der Waals surface area contributed by atoms with Crippen molar-refractivity contribution in [3.8, 4) is 0 Å². The smallest absolute Gasteiger partial charge is 0.253 e. The Balaban J connectivity index is 1.59. The number of hydrogen-bond acceptors (Lipinski definition) is 5. The fourth-order valence-electron chi connectivity index (χ4n) is 3.48. The molecule has 28 heavy (non-hydrogen) atoms. The quantitative estimate of drug-likeness (QED) is 0.598. The molecule has 0 radical (unpaired) electrons. The topological polar surface area (TPSA) is 63.4 Å². The fraction of sp³-hybridized carbons (Fsp3) is 0.429. The molecular weight excluding hydrogens is 370 g/mol. The van der Waals surface area contributed by atoms with Crippen LogP contribution in [0.4, 0.5) is 0 Å². The average Bonchev–Trinajstić information content (AvgIpc) is 3.43. The molecule has 146 valence electrons. The normalized spacial score (nSPS) is 13.9. The molecule has 7 heteroatoms. The highest BCUT2D eigenvalue weighted by Crippen LogP contribution is 2.29. The first-order valence-corrected chi connectivity index (χ1v) is 10.8. The van der Waals surface area contributed by atoms with Gasteiger partial charge in [-0.05, 0) is 45.4 Å². The van der Waals surface area contributed by atoms with Crippen molar-refractivity contribution in [3.05, 3.63) is 52.3 Å². The monoisotopic (exact) mass is 395 g/mol. The van der Waals surface area contributed by atoms with E-state index < -0.39 is 0 Å². The average molecular weight is 396 g/mol. The minimum absolute atomic E-state index is 0.153. The zero-order valence-corrected chi connectivity index (χ0v) is 17.6.